The van der Waals surface area contributed by atoms with Crippen molar-refractivity contribution in [2.24, 2.45) is 0 Å². The van der Waals surface area contributed by atoms with Crippen LogP contribution in [-0.4, -0.2) is 22.5 Å². The molecule has 4 nitrogen and oxygen atoms in total. The van der Waals surface area contributed by atoms with Crippen molar-refractivity contribution < 1.29 is 14.7 Å². The fourth-order valence-electron chi connectivity index (χ4n) is 1.73. The molecule has 1 amide bonds. The van der Waals surface area contributed by atoms with E-state index in [0.717, 1.165) is 0 Å². The zero-order valence-electron chi connectivity index (χ0n) is 10.7. The van der Waals surface area contributed by atoms with Gasteiger partial charge in [-0.15, -0.1) is 0 Å². The minimum absolute atomic E-state index is 0.322. The van der Waals surface area contributed by atoms with Crippen LogP contribution in [0.3, 0.4) is 0 Å². The average Bonchev–Trinajstić information content (AvgIpc) is 2.27. The number of carboxylic acids is 1. The van der Waals surface area contributed by atoms with Gasteiger partial charge in [-0.2, -0.15) is 0 Å². The lowest BCUT2D eigenvalue weighted by Gasteiger charge is -2.25. The molecule has 19 heavy (non-hydrogen) atoms. The zero-order valence-corrected chi connectivity index (χ0v) is 13.0. The lowest BCUT2D eigenvalue weighted by Crippen LogP contribution is -2.52. The summed E-state index contributed by atoms with van der Waals surface area (Å²) in [5.74, 6) is -1.51. The van der Waals surface area contributed by atoms with Crippen LogP contribution in [0.25, 0.3) is 0 Å². The molecule has 104 valence electrons. The smallest absolute Gasteiger partial charge is 0.329 e. The van der Waals surface area contributed by atoms with Crippen LogP contribution in [0.5, 0.6) is 0 Å². The number of carboxylic acid groups (broad SMARTS) is 1. The minimum atomic E-state index is -1.28. The zero-order chi connectivity index (χ0) is 14.6. The number of aliphatic carboxylic acids is 1. The summed E-state index contributed by atoms with van der Waals surface area (Å²) in [6.45, 7) is 3.36. The van der Waals surface area contributed by atoms with Gasteiger partial charge in [-0.3, -0.25) is 4.79 Å². The number of hydrogen-bond donors (Lipinski definition) is 2. The molecule has 6 heteroatoms. The van der Waals surface area contributed by atoms with Crippen molar-refractivity contribution in [1.82, 2.24) is 5.32 Å². The summed E-state index contributed by atoms with van der Waals surface area (Å²) in [6.07, 6.45) is 1.01. The highest BCUT2D eigenvalue weighted by atomic mass is 79.9. The predicted octanol–water partition coefficient (Wildman–Crippen LogP) is 3.48. The number of nitrogens with one attached hydrogen (secondary N) is 1. The molecule has 1 aromatic carbocycles. The van der Waals surface area contributed by atoms with Crippen molar-refractivity contribution in [2.45, 2.75) is 32.2 Å². The Morgan fingerprint density at radius 3 is 2.53 bits per heavy atom. The standard InChI is InChI=1S/C13H15BrClNO3/c1-3-4-13(2,12(18)19)16-11(17)8-5-9(14)7-10(15)6-8/h5-7H,3-4H2,1-2H3,(H,16,17)(H,18,19). The Bertz CT molecular complexity index is 486. The Morgan fingerprint density at radius 1 is 1.42 bits per heavy atom. The number of benzene rings is 1. The van der Waals surface area contributed by atoms with Crippen LogP contribution in [0.15, 0.2) is 22.7 Å². The maximum absolute atomic E-state index is 12.1. The normalized spacial score (nSPS) is 13.7. The highest BCUT2D eigenvalue weighted by Crippen LogP contribution is 2.21. The van der Waals surface area contributed by atoms with Crippen LogP contribution >= 0.6 is 27.5 Å². The highest BCUT2D eigenvalue weighted by molar-refractivity contribution is 9.10. The lowest BCUT2D eigenvalue weighted by atomic mass is 9.96. The first kappa shape index (κ1) is 16.0. The van der Waals surface area contributed by atoms with Gasteiger partial charge in [0.15, 0.2) is 0 Å². The first-order valence-corrected chi connectivity index (χ1v) is 6.97. The summed E-state index contributed by atoms with van der Waals surface area (Å²) in [6, 6.07) is 4.74. The van der Waals surface area contributed by atoms with E-state index in [1.165, 1.54) is 13.0 Å². The van der Waals surface area contributed by atoms with Crippen LogP contribution in [0.4, 0.5) is 0 Å². The van der Waals surface area contributed by atoms with E-state index in [2.05, 4.69) is 21.2 Å². The van der Waals surface area contributed by atoms with Gasteiger partial charge in [-0.1, -0.05) is 40.9 Å². The Labute approximate surface area is 125 Å². The second-order valence-electron chi connectivity index (χ2n) is 4.50. The predicted molar refractivity (Wildman–Crippen MR) is 77.6 cm³/mol. The molecular weight excluding hydrogens is 334 g/mol. The fourth-order valence-corrected chi connectivity index (χ4v) is 2.59. The Balaban J connectivity index is 2.97. The third-order valence-corrected chi connectivity index (χ3v) is 3.41. The fraction of sp³-hybridized carbons (Fsp3) is 0.385. The quantitative estimate of drug-likeness (QED) is 0.856. The van der Waals surface area contributed by atoms with Crippen LogP contribution in [0, 0.1) is 0 Å². The third-order valence-electron chi connectivity index (χ3n) is 2.74. The summed E-state index contributed by atoms with van der Waals surface area (Å²) in [5.41, 5.74) is -0.955. The minimum Gasteiger partial charge on any atom is -0.480 e. The van der Waals surface area contributed by atoms with Gasteiger partial charge < -0.3 is 10.4 Å². The lowest BCUT2D eigenvalue weighted by molar-refractivity contribution is -0.144. The van der Waals surface area contributed by atoms with Gasteiger partial charge in [0.2, 0.25) is 0 Å². The van der Waals surface area contributed by atoms with Gasteiger partial charge in [-0.25, -0.2) is 4.79 Å². The van der Waals surface area contributed by atoms with Crippen molar-refractivity contribution in [3.8, 4) is 0 Å². The SMILES string of the molecule is CCCC(C)(NC(=O)c1cc(Cl)cc(Br)c1)C(=O)O. The molecule has 0 aliphatic carbocycles. The molecule has 1 unspecified atom stereocenters. The molecule has 1 atom stereocenters. The monoisotopic (exact) mass is 347 g/mol. The summed E-state index contributed by atoms with van der Waals surface area (Å²) < 4.78 is 0.665. The van der Waals surface area contributed by atoms with E-state index in [1.54, 1.807) is 12.1 Å². The molecule has 0 aromatic heterocycles. The van der Waals surface area contributed by atoms with E-state index in [-0.39, 0.29) is 0 Å². The van der Waals surface area contributed by atoms with Gasteiger partial charge >= 0.3 is 5.97 Å². The number of carbonyl (C=O) groups is 2. The molecule has 1 aromatic rings. The Kier molecular flexibility index (Phi) is 5.38. The molecule has 0 aliphatic heterocycles. The molecule has 0 fully saturated rings. The van der Waals surface area contributed by atoms with Crippen LogP contribution < -0.4 is 5.32 Å². The van der Waals surface area contributed by atoms with E-state index in [1.807, 2.05) is 6.92 Å². The molecule has 0 aliphatic rings. The van der Waals surface area contributed by atoms with Crippen molar-refractivity contribution in [2.75, 3.05) is 0 Å². The number of hydrogen-bond acceptors (Lipinski definition) is 2. The number of amides is 1. The third kappa shape index (κ3) is 4.21. The van der Waals surface area contributed by atoms with Crippen molar-refractivity contribution >= 4 is 39.4 Å². The first-order valence-electron chi connectivity index (χ1n) is 5.80. The van der Waals surface area contributed by atoms with Gasteiger partial charge in [0.05, 0.1) is 0 Å². The summed E-state index contributed by atoms with van der Waals surface area (Å²) in [4.78, 5) is 23.4. The van der Waals surface area contributed by atoms with Gasteiger partial charge in [0, 0.05) is 15.1 Å². The maximum atomic E-state index is 12.1. The topological polar surface area (TPSA) is 66.4 Å². The molecule has 0 bridgehead atoms. The summed E-state index contributed by atoms with van der Waals surface area (Å²) in [7, 11) is 0. The summed E-state index contributed by atoms with van der Waals surface area (Å²) in [5, 5.41) is 12.2. The molecule has 0 saturated carbocycles. The number of rotatable bonds is 5. The van der Waals surface area contributed by atoms with Crippen molar-refractivity contribution in [3.63, 3.8) is 0 Å². The molecule has 0 heterocycles. The molecule has 0 radical (unpaired) electrons. The largest absolute Gasteiger partial charge is 0.480 e. The molecule has 0 saturated heterocycles. The Morgan fingerprint density at radius 2 is 2.05 bits per heavy atom. The van der Waals surface area contributed by atoms with Gasteiger partial charge in [0.25, 0.3) is 5.91 Å². The van der Waals surface area contributed by atoms with Crippen LogP contribution in [0.1, 0.15) is 37.0 Å². The summed E-state index contributed by atoms with van der Waals surface area (Å²) >= 11 is 9.10. The van der Waals surface area contributed by atoms with E-state index in [4.69, 9.17) is 11.6 Å². The number of halogens is 2. The second kappa shape index (κ2) is 6.39. The maximum Gasteiger partial charge on any atom is 0.329 e. The van der Waals surface area contributed by atoms with Gasteiger partial charge in [0.1, 0.15) is 5.54 Å². The highest BCUT2D eigenvalue weighted by Gasteiger charge is 2.34. The van der Waals surface area contributed by atoms with E-state index >= 15 is 0 Å². The van der Waals surface area contributed by atoms with Gasteiger partial charge in [-0.05, 0) is 31.5 Å². The molecule has 2 N–H and O–H groups in total. The van der Waals surface area contributed by atoms with E-state index in [0.29, 0.717) is 27.9 Å². The molecule has 1 rings (SSSR count). The van der Waals surface area contributed by atoms with Crippen molar-refractivity contribution in [1.29, 1.82) is 0 Å². The second-order valence-corrected chi connectivity index (χ2v) is 5.85. The first-order chi connectivity index (χ1) is 8.78. The van der Waals surface area contributed by atoms with Crippen LogP contribution in [0.2, 0.25) is 5.02 Å². The van der Waals surface area contributed by atoms with E-state index < -0.39 is 17.4 Å². The molecule has 0 spiro atoms. The van der Waals surface area contributed by atoms with E-state index in [9.17, 15) is 14.7 Å². The van der Waals surface area contributed by atoms with Crippen LogP contribution in [-0.2, 0) is 4.79 Å². The molecular formula is C13H15BrClNO3. The number of carbonyl (C=O) groups excluding carboxylic acids is 1. The van der Waals surface area contributed by atoms with Crippen molar-refractivity contribution in [3.05, 3.63) is 33.3 Å². The Hall–Kier alpha value is -1.07. The average molecular weight is 349 g/mol.